The molecule has 1 aliphatic rings. The van der Waals surface area contributed by atoms with Gasteiger partial charge >= 0.3 is 0 Å². The monoisotopic (exact) mass is 239 g/mol. The fourth-order valence-corrected chi connectivity index (χ4v) is 1.45. The molecule has 1 unspecified atom stereocenters. The predicted molar refractivity (Wildman–Crippen MR) is 66.5 cm³/mol. The molecule has 1 atom stereocenters. The molecule has 1 fully saturated rings. The van der Waals surface area contributed by atoms with E-state index in [4.69, 9.17) is 0 Å². The summed E-state index contributed by atoms with van der Waals surface area (Å²) in [5.74, 6) is -0.287. The average molecular weight is 239 g/mol. The third kappa shape index (κ3) is 3.85. The van der Waals surface area contributed by atoms with Gasteiger partial charge in [-0.25, -0.2) is 0 Å². The molecule has 96 valence electrons. The third-order valence-electron chi connectivity index (χ3n) is 2.84. The zero-order valence-electron chi connectivity index (χ0n) is 10.7. The molecule has 0 saturated carbocycles. The van der Waals surface area contributed by atoms with Gasteiger partial charge in [0, 0.05) is 25.2 Å². The van der Waals surface area contributed by atoms with E-state index in [1.807, 2.05) is 6.92 Å². The lowest BCUT2D eigenvalue weighted by molar-refractivity contribution is -0.127. The van der Waals surface area contributed by atoms with Crippen molar-refractivity contribution in [3.05, 3.63) is 11.1 Å². The molecule has 1 aliphatic heterocycles. The Kier molecular flexibility index (Phi) is 5.15. The Hall–Kier alpha value is -1.36. The lowest BCUT2D eigenvalue weighted by Gasteiger charge is -2.22. The van der Waals surface area contributed by atoms with Gasteiger partial charge in [0.2, 0.25) is 11.8 Å². The van der Waals surface area contributed by atoms with Gasteiger partial charge in [0.15, 0.2) is 0 Å². The van der Waals surface area contributed by atoms with Crippen molar-refractivity contribution >= 4 is 11.8 Å². The molecule has 0 spiro atoms. The first-order valence-corrected chi connectivity index (χ1v) is 6.04. The minimum atomic E-state index is -0.488. The lowest BCUT2D eigenvalue weighted by Crippen LogP contribution is -2.46. The molecule has 1 heterocycles. The fraction of sp³-hybridized carbons (Fsp3) is 0.667. The zero-order chi connectivity index (χ0) is 12.8. The minimum absolute atomic E-state index is 0.135. The van der Waals surface area contributed by atoms with Gasteiger partial charge in [-0.1, -0.05) is 6.92 Å². The molecule has 0 aromatic heterocycles. The normalized spacial score (nSPS) is 15.8. The quantitative estimate of drug-likeness (QED) is 0.589. The highest BCUT2D eigenvalue weighted by Gasteiger charge is 2.19. The van der Waals surface area contributed by atoms with E-state index in [-0.39, 0.29) is 11.8 Å². The van der Waals surface area contributed by atoms with Crippen molar-refractivity contribution in [2.75, 3.05) is 19.6 Å². The molecule has 0 aromatic carbocycles. The SMILES string of the molecule is CCCNC(=O)C(C)NC(=O)C(C)=C1CNC1. The van der Waals surface area contributed by atoms with E-state index in [0.717, 1.165) is 30.7 Å². The van der Waals surface area contributed by atoms with Crippen LogP contribution in [0, 0.1) is 0 Å². The number of rotatable bonds is 5. The van der Waals surface area contributed by atoms with Gasteiger partial charge in [-0.2, -0.15) is 0 Å². The molecule has 0 radical (unpaired) electrons. The van der Waals surface area contributed by atoms with Gasteiger partial charge in [0.25, 0.3) is 0 Å². The zero-order valence-corrected chi connectivity index (χ0v) is 10.7. The summed E-state index contributed by atoms with van der Waals surface area (Å²) in [6.45, 7) is 7.66. The first-order valence-electron chi connectivity index (χ1n) is 6.04. The van der Waals surface area contributed by atoms with Gasteiger partial charge in [0.05, 0.1) is 0 Å². The first-order chi connectivity index (χ1) is 8.06. The van der Waals surface area contributed by atoms with Crippen molar-refractivity contribution in [3.8, 4) is 0 Å². The molecule has 0 aromatic rings. The summed E-state index contributed by atoms with van der Waals surface area (Å²) in [5, 5.41) is 8.54. The Balaban J connectivity index is 2.42. The molecule has 5 nitrogen and oxygen atoms in total. The Labute approximate surface area is 102 Å². The number of hydrogen-bond acceptors (Lipinski definition) is 3. The Morgan fingerprint density at radius 2 is 2.06 bits per heavy atom. The van der Waals surface area contributed by atoms with Crippen molar-refractivity contribution < 1.29 is 9.59 Å². The lowest BCUT2D eigenvalue weighted by atomic mass is 10.0. The van der Waals surface area contributed by atoms with Crippen molar-refractivity contribution in [1.29, 1.82) is 0 Å². The highest BCUT2D eigenvalue weighted by atomic mass is 16.2. The second-order valence-corrected chi connectivity index (χ2v) is 4.32. The van der Waals surface area contributed by atoms with Gasteiger partial charge in [-0.15, -0.1) is 0 Å². The van der Waals surface area contributed by atoms with E-state index in [1.54, 1.807) is 13.8 Å². The van der Waals surface area contributed by atoms with Crippen LogP contribution in [0.5, 0.6) is 0 Å². The van der Waals surface area contributed by atoms with E-state index < -0.39 is 6.04 Å². The van der Waals surface area contributed by atoms with Crippen LogP contribution in [0.15, 0.2) is 11.1 Å². The van der Waals surface area contributed by atoms with Crippen molar-refractivity contribution in [1.82, 2.24) is 16.0 Å². The van der Waals surface area contributed by atoms with E-state index in [0.29, 0.717) is 6.54 Å². The highest BCUT2D eigenvalue weighted by molar-refractivity contribution is 5.97. The summed E-state index contributed by atoms with van der Waals surface area (Å²) < 4.78 is 0. The molecule has 3 N–H and O–H groups in total. The van der Waals surface area contributed by atoms with Crippen LogP contribution in [-0.4, -0.2) is 37.5 Å². The minimum Gasteiger partial charge on any atom is -0.354 e. The molecule has 5 heteroatoms. The number of nitrogens with one attached hydrogen (secondary N) is 3. The molecule has 0 bridgehead atoms. The van der Waals surface area contributed by atoms with E-state index in [2.05, 4.69) is 16.0 Å². The predicted octanol–water partition coefficient (Wildman–Crippen LogP) is -0.0630. The van der Waals surface area contributed by atoms with Gasteiger partial charge in [-0.05, 0) is 25.8 Å². The molecule has 1 rings (SSSR count). The summed E-state index contributed by atoms with van der Waals surface area (Å²) in [6, 6.07) is -0.488. The molecule has 0 aliphatic carbocycles. The van der Waals surface area contributed by atoms with Crippen LogP contribution in [0.25, 0.3) is 0 Å². The standard InChI is InChI=1S/C12H21N3O2/c1-4-5-14-12(17)9(3)15-11(16)8(2)10-6-13-7-10/h9,13H,4-7H2,1-3H3,(H,14,17)(H,15,16). The van der Waals surface area contributed by atoms with Crippen LogP contribution in [0.1, 0.15) is 27.2 Å². The van der Waals surface area contributed by atoms with E-state index >= 15 is 0 Å². The Bertz CT molecular complexity index is 331. The molecular weight excluding hydrogens is 218 g/mol. The molecular formula is C12H21N3O2. The highest BCUT2D eigenvalue weighted by Crippen LogP contribution is 2.08. The van der Waals surface area contributed by atoms with E-state index in [9.17, 15) is 9.59 Å². The van der Waals surface area contributed by atoms with Crippen molar-refractivity contribution in [3.63, 3.8) is 0 Å². The fourth-order valence-electron chi connectivity index (χ4n) is 1.45. The maximum Gasteiger partial charge on any atom is 0.247 e. The third-order valence-corrected chi connectivity index (χ3v) is 2.84. The summed E-state index contributed by atoms with van der Waals surface area (Å²) in [6.07, 6.45) is 0.890. The summed E-state index contributed by atoms with van der Waals surface area (Å²) in [4.78, 5) is 23.3. The van der Waals surface area contributed by atoms with Crippen LogP contribution in [0.4, 0.5) is 0 Å². The van der Waals surface area contributed by atoms with Crippen LogP contribution < -0.4 is 16.0 Å². The second kappa shape index (κ2) is 6.39. The van der Waals surface area contributed by atoms with Gasteiger partial charge in [-0.3, -0.25) is 9.59 Å². The smallest absolute Gasteiger partial charge is 0.247 e. The maximum atomic E-state index is 11.8. The van der Waals surface area contributed by atoms with E-state index in [1.165, 1.54) is 0 Å². The number of carbonyl (C=O) groups excluding carboxylic acids is 2. The van der Waals surface area contributed by atoms with Crippen molar-refractivity contribution in [2.45, 2.75) is 33.2 Å². The van der Waals surface area contributed by atoms with Crippen molar-refractivity contribution in [2.24, 2.45) is 0 Å². The molecule has 17 heavy (non-hydrogen) atoms. The van der Waals surface area contributed by atoms with Crippen LogP contribution in [0.2, 0.25) is 0 Å². The van der Waals surface area contributed by atoms with Gasteiger partial charge < -0.3 is 16.0 Å². The second-order valence-electron chi connectivity index (χ2n) is 4.32. The summed E-state index contributed by atoms with van der Waals surface area (Å²) >= 11 is 0. The van der Waals surface area contributed by atoms with Crippen LogP contribution in [-0.2, 0) is 9.59 Å². The Morgan fingerprint density at radius 1 is 1.41 bits per heavy atom. The first kappa shape index (κ1) is 13.7. The maximum absolute atomic E-state index is 11.8. The summed E-state index contributed by atoms with van der Waals surface area (Å²) in [5.41, 5.74) is 1.84. The summed E-state index contributed by atoms with van der Waals surface area (Å²) in [7, 11) is 0. The molecule has 1 saturated heterocycles. The number of carbonyl (C=O) groups is 2. The topological polar surface area (TPSA) is 70.2 Å². The van der Waals surface area contributed by atoms with Gasteiger partial charge in [0.1, 0.15) is 6.04 Å². The Morgan fingerprint density at radius 3 is 2.53 bits per heavy atom. The van der Waals surface area contributed by atoms with Crippen LogP contribution in [0.3, 0.4) is 0 Å². The van der Waals surface area contributed by atoms with Crippen LogP contribution >= 0.6 is 0 Å². The molecule has 2 amide bonds. The number of hydrogen-bond donors (Lipinski definition) is 3. The number of amides is 2. The largest absolute Gasteiger partial charge is 0.354 e. The average Bonchev–Trinajstić information content (AvgIpc) is 2.23.